The largest absolute Gasteiger partial charge is 0.234 e. The van der Waals surface area contributed by atoms with Crippen molar-refractivity contribution >= 4 is 28.1 Å². The molecule has 24 heavy (non-hydrogen) atoms. The lowest BCUT2D eigenvalue weighted by atomic mass is 10.1. The second-order valence-electron chi connectivity index (χ2n) is 5.49. The molecule has 0 radical (unpaired) electrons. The van der Waals surface area contributed by atoms with Crippen LogP contribution in [0.1, 0.15) is 22.0 Å². The third kappa shape index (κ3) is 3.20. The van der Waals surface area contributed by atoms with Crippen molar-refractivity contribution in [3.63, 3.8) is 0 Å². The summed E-state index contributed by atoms with van der Waals surface area (Å²) in [5.41, 5.74) is 2.48. The van der Waals surface area contributed by atoms with E-state index in [2.05, 4.69) is 65.0 Å². The summed E-state index contributed by atoms with van der Waals surface area (Å²) in [6.45, 7) is 0. The average molecular weight is 352 g/mol. The smallest absolute Gasteiger partial charge is 0.187 e. The van der Waals surface area contributed by atoms with Crippen LogP contribution in [0.15, 0.2) is 59.5 Å². The molecule has 0 aliphatic heterocycles. The van der Waals surface area contributed by atoms with Crippen LogP contribution in [0.4, 0.5) is 0 Å². The van der Waals surface area contributed by atoms with Crippen molar-refractivity contribution in [2.75, 3.05) is 6.26 Å². The van der Waals surface area contributed by atoms with E-state index in [9.17, 15) is 0 Å². The maximum atomic E-state index is 4.70. The molecule has 120 valence electrons. The predicted molar refractivity (Wildman–Crippen MR) is 98.9 cm³/mol. The van der Waals surface area contributed by atoms with Crippen LogP contribution < -0.4 is 0 Å². The average Bonchev–Trinajstić information content (AvgIpc) is 3.18. The standard InChI is InChI=1S/C18H16N4S2/c1-23-15-9-7-14(8-10-15)11-16-19-20-18-22(16)21-17(24-18)12-13-5-3-2-4-6-13/h2-10H,11-12H2,1H3. The van der Waals surface area contributed by atoms with Gasteiger partial charge in [0.25, 0.3) is 0 Å². The third-order valence-electron chi connectivity index (χ3n) is 3.82. The lowest BCUT2D eigenvalue weighted by Crippen LogP contribution is -1.98. The topological polar surface area (TPSA) is 43.1 Å². The first-order chi connectivity index (χ1) is 11.8. The lowest BCUT2D eigenvalue weighted by Gasteiger charge is -2.00. The number of benzene rings is 2. The quantitative estimate of drug-likeness (QED) is 0.508. The minimum Gasteiger partial charge on any atom is -0.187 e. The summed E-state index contributed by atoms with van der Waals surface area (Å²) in [5, 5.41) is 14.3. The Kier molecular flexibility index (Phi) is 4.32. The number of aromatic nitrogens is 4. The Morgan fingerprint density at radius 3 is 2.42 bits per heavy atom. The van der Waals surface area contributed by atoms with Gasteiger partial charge in [0, 0.05) is 17.7 Å². The first kappa shape index (κ1) is 15.4. The Hall–Kier alpha value is -2.18. The van der Waals surface area contributed by atoms with E-state index in [0.717, 1.165) is 28.6 Å². The van der Waals surface area contributed by atoms with Crippen molar-refractivity contribution in [1.82, 2.24) is 19.8 Å². The van der Waals surface area contributed by atoms with Gasteiger partial charge >= 0.3 is 0 Å². The molecule has 0 aliphatic carbocycles. The van der Waals surface area contributed by atoms with Gasteiger partial charge in [-0.05, 0) is 29.5 Å². The van der Waals surface area contributed by atoms with Crippen LogP contribution in [-0.4, -0.2) is 26.1 Å². The van der Waals surface area contributed by atoms with Gasteiger partial charge in [-0.2, -0.15) is 9.61 Å². The SMILES string of the molecule is CSc1ccc(Cc2nnc3sc(Cc4ccccc4)nn23)cc1. The number of thioether (sulfide) groups is 1. The number of rotatable bonds is 5. The molecule has 2 heterocycles. The molecule has 0 saturated carbocycles. The van der Waals surface area contributed by atoms with Crippen molar-refractivity contribution in [3.05, 3.63) is 76.6 Å². The van der Waals surface area contributed by atoms with Gasteiger partial charge in [0.05, 0.1) is 0 Å². The molecule has 0 bridgehead atoms. The molecule has 0 fully saturated rings. The Balaban J connectivity index is 1.57. The molecule has 0 saturated heterocycles. The number of hydrogen-bond acceptors (Lipinski definition) is 5. The molecule has 0 aliphatic rings. The van der Waals surface area contributed by atoms with Gasteiger partial charge < -0.3 is 0 Å². The number of fused-ring (bicyclic) bond motifs is 1. The molecule has 0 spiro atoms. The van der Waals surface area contributed by atoms with Gasteiger partial charge in [-0.1, -0.05) is 53.8 Å². The summed E-state index contributed by atoms with van der Waals surface area (Å²) in [5.74, 6) is 0.887. The molecule has 4 nitrogen and oxygen atoms in total. The zero-order chi connectivity index (χ0) is 16.4. The van der Waals surface area contributed by atoms with E-state index >= 15 is 0 Å². The van der Waals surface area contributed by atoms with E-state index in [1.807, 2.05) is 10.6 Å². The summed E-state index contributed by atoms with van der Waals surface area (Å²) >= 11 is 3.35. The monoisotopic (exact) mass is 352 g/mol. The lowest BCUT2D eigenvalue weighted by molar-refractivity contribution is 0.830. The highest BCUT2D eigenvalue weighted by Crippen LogP contribution is 2.20. The summed E-state index contributed by atoms with van der Waals surface area (Å²) in [4.78, 5) is 2.13. The molecular formula is C18H16N4S2. The molecule has 2 aromatic carbocycles. The second kappa shape index (κ2) is 6.75. The van der Waals surface area contributed by atoms with Crippen LogP contribution in [0, 0.1) is 0 Å². The van der Waals surface area contributed by atoms with E-state index in [1.54, 1.807) is 23.1 Å². The fourth-order valence-corrected chi connectivity index (χ4v) is 3.87. The zero-order valence-electron chi connectivity index (χ0n) is 13.2. The third-order valence-corrected chi connectivity index (χ3v) is 5.46. The van der Waals surface area contributed by atoms with Crippen LogP contribution in [0.2, 0.25) is 0 Å². The molecular weight excluding hydrogens is 336 g/mol. The van der Waals surface area contributed by atoms with Gasteiger partial charge in [0.15, 0.2) is 5.82 Å². The molecule has 2 aromatic heterocycles. The number of hydrogen-bond donors (Lipinski definition) is 0. The Morgan fingerprint density at radius 2 is 1.67 bits per heavy atom. The molecule has 0 atom stereocenters. The maximum Gasteiger partial charge on any atom is 0.234 e. The van der Waals surface area contributed by atoms with Crippen molar-refractivity contribution < 1.29 is 0 Å². The zero-order valence-corrected chi connectivity index (χ0v) is 14.8. The molecule has 0 amide bonds. The van der Waals surface area contributed by atoms with E-state index in [-0.39, 0.29) is 0 Å². The fourth-order valence-electron chi connectivity index (χ4n) is 2.58. The molecule has 4 aromatic rings. The van der Waals surface area contributed by atoms with Crippen LogP contribution in [-0.2, 0) is 12.8 Å². The molecule has 6 heteroatoms. The maximum absolute atomic E-state index is 4.70. The van der Waals surface area contributed by atoms with Crippen LogP contribution >= 0.6 is 23.1 Å². The fraction of sp³-hybridized carbons (Fsp3) is 0.167. The van der Waals surface area contributed by atoms with Gasteiger partial charge in [0.1, 0.15) is 5.01 Å². The summed E-state index contributed by atoms with van der Waals surface area (Å²) in [6.07, 6.45) is 3.65. The number of nitrogens with zero attached hydrogens (tertiary/aromatic N) is 4. The highest BCUT2D eigenvalue weighted by molar-refractivity contribution is 7.98. The van der Waals surface area contributed by atoms with E-state index in [0.29, 0.717) is 0 Å². The highest BCUT2D eigenvalue weighted by atomic mass is 32.2. The normalized spacial score (nSPS) is 11.2. The first-order valence-electron chi connectivity index (χ1n) is 7.68. The van der Waals surface area contributed by atoms with Crippen molar-refractivity contribution in [2.45, 2.75) is 17.7 Å². The summed E-state index contributed by atoms with van der Waals surface area (Å²) < 4.78 is 1.88. The predicted octanol–water partition coefficient (Wildman–Crippen LogP) is 4.09. The van der Waals surface area contributed by atoms with Gasteiger partial charge in [-0.3, -0.25) is 0 Å². The molecule has 0 N–H and O–H groups in total. The minimum atomic E-state index is 0.740. The minimum absolute atomic E-state index is 0.740. The van der Waals surface area contributed by atoms with Crippen molar-refractivity contribution in [1.29, 1.82) is 0 Å². The summed E-state index contributed by atoms with van der Waals surface area (Å²) in [7, 11) is 0. The highest BCUT2D eigenvalue weighted by Gasteiger charge is 2.12. The van der Waals surface area contributed by atoms with E-state index in [1.165, 1.54) is 16.0 Å². The first-order valence-corrected chi connectivity index (χ1v) is 9.73. The van der Waals surface area contributed by atoms with Crippen LogP contribution in [0.5, 0.6) is 0 Å². The van der Waals surface area contributed by atoms with Gasteiger partial charge in [-0.15, -0.1) is 22.0 Å². The second-order valence-corrected chi connectivity index (χ2v) is 7.41. The molecule has 0 unspecified atom stereocenters. The van der Waals surface area contributed by atoms with Crippen LogP contribution in [0.3, 0.4) is 0 Å². The van der Waals surface area contributed by atoms with Gasteiger partial charge in [-0.25, -0.2) is 0 Å². The van der Waals surface area contributed by atoms with Crippen LogP contribution in [0.25, 0.3) is 4.96 Å². The van der Waals surface area contributed by atoms with E-state index in [4.69, 9.17) is 5.10 Å². The Morgan fingerprint density at radius 1 is 0.917 bits per heavy atom. The van der Waals surface area contributed by atoms with Crippen molar-refractivity contribution in [2.24, 2.45) is 0 Å². The van der Waals surface area contributed by atoms with Crippen molar-refractivity contribution in [3.8, 4) is 0 Å². The molecule has 4 rings (SSSR count). The van der Waals surface area contributed by atoms with E-state index < -0.39 is 0 Å². The Bertz CT molecular complexity index is 942. The summed E-state index contributed by atoms with van der Waals surface area (Å²) in [6, 6.07) is 18.9. The van der Waals surface area contributed by atoms with Gasteiger partial charge in [0.2, 0.25) is 4.96 Å². The Labute approximate surface area is 148 Å².